The van der Waals surface area contributed by atoms with Crippen molar-refractivity contribution in [3.63, 3.8) is 0 Å². The van der Waals surface area contributed by atoms with Gasteiger partial charge in [0.2, 0.25) is 0 Å². The number of benzene rings is 2. The van der Waals surface area contributed by atoms with E-state index >= 15 is 0 Å². The smallest absolute Gasteiger partial charge is 0.274 e. The first-order valence-corrected chi connectivity index (χ1v) is 10.2. The van der Waals surface area contributed by atoms with Crippen LogP contribution in [0.1, 0.15) is 34.7 Å². The van der Waals surface area contributed by atoms with E-state index in [1.54, 1.807) is 18.7 Å². The fourth-order valence-electron chi connectivity index (χ4n) is 3.28. The second-order valence-electron chi connectivity index (χ2n) is 6.85. The Labute approximate surface area is 182 Å². The standard InChI is InChI=1S/C21H21BrN4O4/c1-12(16-10-18-19(11-17(16)22)30-8-7-29-18)23-21(27)20-13(2)26(25-24-20)14-5-4-6-15(9-14)28-3/h4-6,9-12H,7-8H2,1-3H3,(H,23,27). The second-order valence-corrected chi connectivity index (χ2v) is 7.70. The molecule has 0 bridgehead atoms. The average Bonchev–Trinajstić information content (AvgIpc) is 3.14. The summed E-state index contributed by atoms with van der Waals surface area (Å²) in [6.45, 7) is 4.73. The number of hydrogen-bond donors (Lipinski definition) is 1. The first kappa shape index (κ1) is 20.2. The number of nitrogens with zero attached hydrogens (tertiary/aromatic N) is 3. The van der Waals surface area contributed by atoms with Gasteiger partial charge in [0.05, 0.1) is 24.5 Å². The van der Waals surface area contributed by atoms with E-state index in [0.29, 0.717) is 36.2 Å². The zero-order valence-corrected chi connectivity index (χ0v) is 18.4. The van der Waals surface area contributed by atoms with Crippen LogP contribution in [-0.4, -0.2) is 41.2 Å². The van der Waals surface area contributed by atoms with Gasteiger partial charge in [-0.15, -0.1) is 5.10 Å². The topological polar surface area (TPSA) is 87.5 Å². The van der Waals surface area contributed by atoms with Crippen LogP contribution in [0.4, 0.5) is 0 Å². The molecule has 156 valence electrons. The molecule has 9 heteroatoms. The molecule has 1 aliphatic heterocycles. The number of methoxy groups -OCH3 is 1. The molecule has 1 atom stereocenters. The molecule has 0 radical (unpaired) electrons. The Hall–Kier alpha value is -3.07. The Bertz CT molecular complexity index is 1100. The van der Waals surface area contributed by atoms with Gasteiger partial charge in [0.1, 0.15) is 19.0 Å². The second kappa shape index (κ2) is 8.35. The lowest BCUT2D eigenvalue weighted by molar-refractivity contribution is 0.0934. The van der Waals surface area contributed by atoms with Crippen LogP contribution >= 0.6 is 15.9 Å². The molecule has 0 fully saturated rings. The summed E-state index contributed by atoms with van der Waals surface area (Å²) in [6, 6.07) is 10.9. The largest absolute Gasteiger partial charge is 0.497 e. The van der Waals surface area contributed by atoms with Crippen molar-refractivity contribution in [3.8, 4) is 22.9 Å². The molecule has 1 N–H and O–H groups in total. The number of aromatic nitrogens is 3. The molecule has 2 aromatic carbocycles. The van der Waals surface area contributed by atoms with E-state index in [2.05, 4.69) is 31.6 Å². The van der Waals surface area contributed by atoms with Crippen LogP contribution in [0.25, 0.3) is 5.69 Å². The van der Waals surface area contributed by atoms with Gasteiger partial charge in [-0.3, -0.25) is 4.79 Å². The van der Waals surface area contributed by atoms with Crippen molar-refractivity contribution in [1.29, 1.82) is 0 Å². The number of carbonyl (C=O) groups excluding carboxylic acids is 1. The molecular formula is C21H21BrN4O4. The Morgan fingerprint density at radius 3 is 2.70 bits per heavy atom. The zero-order chi connectivity index (χ0) is 21.3. The van der Waals surface area contributed by atoms with Crippen LogP contribution in [0, 0.1) is 6.92 Å². The number of fused-ring (bicyclic) bond motifs is 1. The van der Waals surface area contributed by atoms with Gasteiger partial charge in [-0.1, -0.05) is 27.2 Å². The van der Waals surface area contributed by atoms with Gasteiger partial charge in [0.15, 0.2) is 17.2 Å². The molecule has 2 heterocycles. The normalized spacial score (nSPS) is 13.6. The molecule has 30 heavy (non-hydrogen) atoms. The van der Waals surface area contributed by atoms with E-state index in [0.717, 1.165) is 15.7 Å². The van der Waals surface area contributed by atoms with E-state index in [9.17, 15) is 4.79 Å². The van der Waals surface area contributed by atoms with Gasteiger partial charge in [-0.2, -0.15) is 0 Å². The molecule has 4 rings (SSSR count). The van der Waals surface area contributed by atoms with Gasteiger partial charge in [-0.25, -0.2) is 4.68 Å². The lowest BCUT2D eigenvalue weighted by Crippen LogP contribution is -2.28. The highest BCUT2D eigenvalue weighted by Gasteiger charge is 2.23. The first-order chi connectivity index (χ1) is 14.5. The summed E-state index contributed by atoms with van der Waals surface area (Å²) in [4.78, 5) is 12.9. The van der Waals surface area contributed by atoms with Crippen molar-refractivity contribution in [2.24, 2.45) is 0 Å². The van der Waals surface area contributed by atoms with Gasteiger partial charge in [-0.05, 0) is 43.7 Å². The maximum atomic E-state index is 12.9. The van der Waals surface area contributed by atoms with Crippen LogP contribution in [0.5, 0.6) is 17.2 Å². The molecule has 1 amide bonds. The van der Waals surface area contributed by atoms with Crippen molar-refractivity contribution < 1.29 is 19.0 Å². The third-order valence-corrected chi connectivity index (χ3v) is 5.57. The van der Waals surface area contributed by atoms with Gasteiger partial charge in [0.25, 0.3) is 5.91 Å². The van der Waals surface area contributed by atoms with Gasteiger partial charge >= 0.3 is 0 Å². The molecule has 0 saturated carbocycles. The van der Waals surface area contributed by atoms with Gasteiger partial charge in [0, 0.05) is 10.5 Å². The number of carbonyl (C=O) groups is 1. The minimum Gasteiger partial charge on any atom is -0.497 e. The third kappa shape index (κ3) is 3.85. The summed E-state index contributed by atoms with van der Waals surface area (Å²) in [5.74, 6) is 1.74. The molecule has 3 aromatic rings. The maximum absolute atomic E-state index is 12.9. The number of amides is 1. The molecule has 1 unspecified atom stereocenters. The molecular weight excluding hydrogens is 452 g/mol. The zero-order valence-electron chi connectivity index (χ0n) is 16.8. The monoisotopic (exact) mass is 472 g/mol. The number of nitrogens with one attached hydrogen (secondary N) is 1. The summed E-state index contributed by atoms with van der Waals surface area (Å²) in [7, 11) is 1.60. The lowest BCUT2D eigenvalue weighted by Gasteiger charge is -2.22. The van der Waals surface area contributed by atoms with Crippen LogP contribution in [0.2, 0.25) is 0 Å². The molecule has 0 aliphatic carbocycles. The number of ether oxygens (including phenoxy) is 3. The Kier molecular flexibility index (Phi) is 5.63. The first-order valence-electron chi connectivity index (χ1n) is 9.44. The van der Waals surface area contributed by atoms with Crippen molar-refractivity contribution >= 4 is 21.8 Å². The highest BCUT2D eigenvalue weighted by atomic mass is 79.9. The van der Waals surface area contributed by atoms with Crippen molar-refractivity contribution in [2.45, 2.75) is 19.9 Å². The molecule has 0 saturated heterocycles. The van der Waals surface area contributed by atoms with Crippen molar-refractivity contribution in [2.75, 3.05) is 20.3 Å². The average molecular weight is 473 g/mol. The van der Waals surface area contributed by atoms with E-state index in [-0.39, 0.29) is 17.6 Å². The SMILES string of the molecule is COc1cccc(-n2nnc(C(=O)NC(C)c3cc4c(cc3Br)OCCO4)c2C)c1. The highest BCUT2D eigenvalue weighted by Crippen LogP contribution is 2.37. The minimum absolute atomic E-state index is 0.262. The summed E-state index contributed by atoms with van der Waals surface area (Å²) < 4.78 is 19.0. The van der Waals surface area contributed by atoms with Crippen molar-refractivity contribution in [1.82, 2.24) is 20.3 Å². The predicted molar refractivity (Wildman–Crippen MR) is 114 cm³/mol. The summed E-state index contributed by atoms with van der Waals surface area (Å²) in [6.07, 6.45) is 0. The number of rotatable bonds is 5. The maximum Gasteiger partial charge on any atom is 0.274 e. The van der Waals surface area contributed by atoms with E-state index in [1.807, 2.05) is 43.3 Å². The van der Waals surface area contributed by atoms with Crippen LogP contribution in [0.15, 0.2) is 40.9 Å². The van der Waals surface area contributed by atoms with E-state index < -0.39 is 0 Å². The van der Waals surface area contributed by atoms with Gasteiger partial charge < -0.3 is 19.5 Å². The van der Waals surface area contributed by atoms with E-state index in [4.69, 9.17) is 14.2 Å². The van der Waals surface area contributed by atoms with Crippen LogP contribution in [0.3, 0.4) is 0 Å². The molecule has 8 nitrogen and oxygen atoms in total. The Morgan fingerprint density at radius 2 is 1.97 bits per heavy atom. The summed E-state index contributed by atoms with van der Waals surface area (Å²) in [5.41, 5.74) is 2.54. The number of hydrogen-bond acceptors (Lipinski definition) is 6. The minimum atomic E-state index is -0.309. The Morgan fingerprint density at radius 1 is 1.23 bits per heavy atom. The molecule has 1 aliphatic rings. The summed E-state index contributed by atoms with van der Waals surface area (Å²) >= 11 is 3.55. The summed E-state index contributed by atoms with van der Waals surface area (Å²) in [5, 5.41) is 11.2. The predicted octanol–water partition coefficient (Wildman–Crippen LogP) is 3.61. The Balaban J connectivity index is 1.55. The molecule has 1 aromatic heterocycles. The van der Waals surface area contributed by atoms with Crippen LogP contribution < -0.4 is 19.5 Å². The van der Waals surface area contributed by atoms with Crippen LogP contribution in [-0.2, 0) is 0 Å². The highest BCUT2D eigenvalue weighted by molar-refractivity contribution is 9.10. The number of halogens is 1. The molecule has 0 spiro atoms. The third-order valence-electron chi connectivity index (χ3n) is 4.88. The fraction of sp³-hybridized carbons (Fsp3) is 0.286. The lowest BCUT2D eigenvalue weighted by atomic mass is 10.1. The van der Waals surface area contributed by atoms with E-state index in [1.165, 1.54) is 0 Å². The quantitative estimate of drug-likeness (QED) is 0.610. The fourth-order valence-corrected chi connectivity index (χ4v) is 3.95. The van der Waals surface area contributed by atoms with Crippen molar-refractivity contribution in [3.05, 3.63) is 57.8 Å².